The summed E-state index contributed by atoms with van der Waals surface area (Å²) in [6, 6.07) is 15.4. The zero-order valence-corrected chi connectivity index (χ0v) is 16.3. The Morgan fingerprint density at radius 3 is 1.96 bits per heavy atom. The largest absolute Gasteiger partial charge is 0.368 e. The molecule has 2 heterocycles. The summed E-state index contributed by atoms with van der Waals surface area (Å²) in [6.07, 6.45) is 0. The van der Waals surface area contributed by atoms with E-state index in [9.17, 15) is 0 Å². The number of nitrogen functional groups attached to an aromatic ring is 1. The average molecular weight is 398 g/mol. The molecule has 0 aliphatic heterocycles. The van der Waals surface area contributed by atoms with Gasteiger partial charge in [-0.25, -0.2) is 0 Å². The van der Waals surface area contributed by atoms with Crippen LogP contribution in [-0.4, -0.2) is 29.0 Å². The lowest BCUT2D eigenvalue weighted by molar-refractivity contribution is 1.07. The van der Waals surface area contributed by atoms with Gasteiger partial charge in [0.05, 0.1) is 11.1 Å². The number of rotatable bonds is 3. The molecule has 3 N–H and O–H groups in total. The lowest BCUT2D eigenvalue weighted by Crippen LogP contribution is -2.13. The molecule has 5 nitrogen and oxygen atoms in total. The molecular weight excluding hydrogens is 381 g/mol. The van der Waals surface area contributed by atoms with Crippen molar-refractivity contribution in [1.82, 2.24) is 15.0 Å². The van der Waals surface area contributed by atoms with Gasteiger partial charge in [-0.05, 0) is 35.4 Å². The molecule has 2 aromatic carbocycles. The van der Waals surface area contributed by atoms with Crippen LogP contribution in [0.5, 0.6) is 0 Å². The summed E-state index contributed by atoms with van der Waals surface area (Å²) in [6.45, 7) is 0. The number of fused-ring (bicyclic) bond motifs is 1. The number of H-pyrrole nitrogens is 1. The standard InChI is InChI=1S/C20H17Cl2N5/c1-27(2)19-16-15(11-3-7-13(21)8-4-11)17(12-5-9-14(22)10-6-12)24-18(16)25-20(23)26-19/h3-10H,1-2H3,(H3,23,24,25,26). The van der Waals surface area contributed by atoms with Crippen LogP contribution < -0.4 is 10.6 Å². The average Bonchev–Trinajstić information content (AvgIpc) is 3.01. The topological polar surface area (TPSA) is 70.8 Å². The molecule has 4 aromatic rings. The Bertz CT molecular complexity index is 1120. The molecule has 0 saturated heterocycles. The SMILES string of the molecule is CN(C)c1nc(N)nc2[nH]c(-c3ccc(Cl)cc3)c(-c3ccc(Cl)cc3)c12. The van der Waals surface area contributed by atoms with Gasteiger partial charge >= 0.3 is 0 Å². The third-order valence-corrected chi connectivity index (χ3v) is 4.84. The smallest absolute Gasteiger partial charge is 0.223 e. The summed E-state index contributed by atoms with van der Waals surface area (Å²) < 4.78 is 0. The quantitative estimate of drug-likeness (QED) is 0.495. The molecule has 0 atom stereocenters. The van der Waals surface area contributed by atoms with Gasteiger partial charge in [0.15, 0.2) is 0 Å². The highest BCUT2D eigenvalue weighted by Crippen LogP contribution is 2.41. The highest BCUT2D eigenvalue weighted by Gasteiger charge is 2.21. The van der Waals surface area contributed by atoms with E-state index in [1.807, 2.05) is 67.5 Å². The predicted octanol–water partition coefficient (Wildman–Crippen LogP) is 5.25. The summed E-state index contributed by atoms with van der Waals surface area (Å²) in [5.41, 5.74) is 10.5. The number of nitrogens with zero attached hydrogens (tertiary/aromatic N) is 3. The normalized spacial score (nSPS) is 11.1. The first-order valence-corrected chi connectivity index (χ1v) is 9.08. The van der Waals surface area contributed by atoms with Crippen LogP contribution in [0.4, 0.5) is 11.8 Å². The number of anilines is 2. The van der Waals surface area contributed by atoms with E-state index in [1.54, 1.807) is 0 Å². The highest BCUT2D eigenvalue weighted by atomic mass is 35.5. The van der Waals surface area contributed by atoms with Gasteiger partial charge in [-0.3, -0.25) is 0 Å². The van der Waals surface area contributed by atoms with Gasteiger partial charge in [0.25, 0.3) is 0 Å². The molecule has 2 aromatic heterocycles. The maximum Gasteiger partial charge on any atom is 0.223 e. The summed E-state index contributed by atoms with van der Waals surface area (Å²) in [4.78, 5) is 14.2. The van der Waals surface area contributed by atoms with Crippen LogP contribution in [0, 0.1) is 0 Å². The molecule has 27 heavy (non-hydrogen) atoms. The summed E-state index contributed by atoms with van der Waals surface area (Å²) >= 11 is 12.2. The Balaban J connectivity index is 2.10. The van der Waals surface area contributed by atoms with Crippen LogP contribution in [0.25, 0.3) is 33.4 Å². The Hall–Kier alpha value is -2.76. The summed E-state index contributed by atoms with van der Waals surface area (Å²) in [5.74, 6) is 0.969. The van der Waals surface area contributed by atoms with E-state index in [-0.39, 0.29) is 5.95 Å². The Morgan fingerprint density at radius 1 is 0.852 bits per heavy atom. The fraction of sp³-hybridized carbons (Fsp3) is 0.100. The fourth-order valence-electron chi connectivity index (χ4n) is 3.15. The van der Waals surface area contributed by atoms with Crippen molar-refractivity contribution < 1.29 is 0 Å². The molecule has 0 saturated carbocycles. The van der Waals surface area contributed by atoms with E-state index in [4.69, 9.17) is 28.9 Å². The molecule has 0 aliphatic rings. The van der Waals surface area contributed by atoms with E-state index in [0.29, 0.717) is 15.7 Å². The molecule has 0 spiro atoms. The molecular formula is C20H17Cl2N5. The fourth-order valence-corrected chi connectivity index (χ4v) is 3.41. The van der Waals surface area contributed by atoms with Crippen LogP contribution >= 0.6 is 23.2 Å². The maximum absolute atomic E-state index is 6.10. The first kappa shape index (κ1) is 17.6. The zero-order chi connectivity index (χ0) is 19.1. The van der Waals surface area contributed by atoms with Crippen LogP contribution in [0.1, 0.15) is 0 Å². The molecule has 4 rings (SSSR count). The van der Waals surface area contributed by atoms with Crippen LogP contribution in [-0.2, 0) is 0 Å². The van der Waals surface area contributed by atoms with Gasteiger partial charge in [0.2, 0.25) is 5.95 Å². The molecule has 0 fully saturated rings. The minimum Gasteiger partial charge on any atom is -0.368 e. The van der Waals surface area contributed by atoms with E-state index in [1.165, 1.54) is 0 Å². The minimum atomic E-state index is 0.220. The second-order valence-electron chi connectivity index (χ2n) is 6.41. The van der Waals surface area contributed by atoms with Crippen molar-refractivity contribution in [2.45, 2.75) is 0 Å². The van der Waals surface area contributed by atoms with E-state index in [2.05, 4.69) is 15.0 Å². The predicted molar refractivity (Wildman–Crippen MR) is 114 cm³/mol. The number of hydrogen-bond donors (Lipinski definition) is 2. The third-order valence-electron chi connectivity index (χ3n) is 4.34. The second-order valence-corrected chi connectivity index (χ2v) is 7.29. The van der Waals surface area contributed by atoms with Crippen LogP contribution in [0.15, 0.2) is 48.5 Å². The van der Waals surface area contributed by atoms with Gasteiger partial charge < -0.3 is 15.6 Å². The van der Waals surface area contributed by atoms with Crippen molar-refractivity contribution in [3.8, 4) is 22.4 Å². The lowest BCUT2D eigenvalue weighted by atomic mass is 9.99. The first-order chi connectivity index (χ1) is 12.9. The van der Waals surface area contributed by atoms with Crippen LogP contribution in [0.2, 0.25) is 10.0 Å². The number of halogens is 2. The third kappa shape index (κ3) is 3.20. The van der Waals surface area contributed by atoms with Crippen molar-refractivity contribution >= 4 is 46.0 Å². The summed E-state index contributed by atoms with van der Waals surface area (Å²) in [5, 5.41) is 2.27. The Morgan fingerprint density at radius 2 is 1.41 bits per heavy atom. The van der Waals surface area contributed by atoms with E-state index >= 15 is 0 Å². The van der Waals surface area contributed by atoms with Crippen molar-refractivity contribution in [1.29, 1.82) is 0 Å². The number of nitrogens with one attached hydrogen (secondary N) is 1. The Labute approximate surface area is 166 Å². The van der Waals surface area contributed by atoms with Gasteiger partial charge in [0, 0.05) is 29.7 Å². The highest BCUT2D eigenvalue weighted by molar-refractivity contribution is 6.31. The molecule has 0 amide bonds. The number of hydrogen-bond acceptors (Lipinski definition) is 4. The van der Waals surface area contributed by atoms with E-state index < -0.39 is 0 Å². The van der Waals surface area contributed by atoms with Crippen molar-refractivity contribution in [2.75, 3.05) is 24.7 Å². The molecule has 0 bridgehead atoms. The lowest BCUT2D eigenvalue weighted by Gasteiger charge is -2.14. The van der Waals surface area contributed by atoms with Gasteiger partial charge in [-0.1, -0.05) is 47.5 Å². The molecule has 0 unspecified atom stereocenters. The Kier molecular flexibility index (Phi) is 4.42. The zero-order valence-electron chi connectivity index (χ0n) is 14.8. The minimum absolute atomic E-state index is 0.220. The first-order valence-electron chi connectivity index (χ1n) is 8.32. The van der Waals surface area contributed by atoms with Crippen LogP contribution in [0.3, 0.4) is 0 Å². The molecule has 136 valence electrons. The van der Waals surface area contributed by atoms with Crippen molar-refractivity contribution in [3.05, 3.63) is 58.6 Å². The monoisotopic (exact) mass is 397 g/mol. The number of nitrogens with two attached hydrogens (primary N) is 1. The number of benzene rings is 2. The molecule has 7 heteroatoms. The van der Waals surface area contributed by atoms with E-state index in [0.717, 1.165) is 33.6 Å². The van der Waals surface area contributed by atoms with Crippen molar-refractivity contribution in [3.63, 3.8) is 0 Å². The van der Waals surface area contributed by atoms with Gasteiger partial charge in [-0.2, -0.15) is 9.97 Å². The molecule has 0 aliphatic carbocycles. The van der Waals surface area contributed by atoms with Crippen molar-refractivity contribution in [2.24, 2.45) is 0 Å². The molecule has 0 radical (unpaired) electrons. The second kappa shape index (κ2) is 6.76. The maximum atomic E-state index is 6.10. The summed E-state index contributed by atoms with van der Waals surface area (Å²) in [7, 11) is 3.86. The number of aromatic amines is 1. The van der Waals surface area contributed by atoms with Gasteiger partial charge in [-0.15, -0.1) is 0 Å². The van der Waals surface area contributed by atoms with Gasteiger partial charge in [0.1, 0.15) is 11.5 Å². The number of aromatic nitrogens is 3.